The molecule has 0 aliphatic heterocycles. The molecular formula is C14H23NO2. The standard InChI is InChI=1S/C14H23NO2/c1-9-7-12(15-8-14(4,5)16)10(2)11(3)13(9)17-6/h7,15-16H,8H2,1-6H3. The van der Waals surface area contributed by atoms with Crippen molar-refractivity contribution in [2.75, 3.05) is 19.0 Å². The molecule has 0 spiro atoms. The Morgan fingerprint density at radius 1 is 1.24 bits per heavy atom. The third kappa shape index (κ3) is 3.37. The SMILES string of the molecule is COc1c(C)cc(NCC(C)(C)O)c(C)c1C. The van der Waals surface area contributed by atoms with Crippen LogP contribution in [0.5, 0.6) is 5.75 Å². The molecule has 0 radical (unpaired) electrons. The van der Waals surface area contributed by atoms with E-state index < -0.39 is 5.60 Å². The van der Waals surface area contributed by atoms with E-state index in [-0.39, 0.29) is 0 Å². The molecule has 1 aromatic rings. The smallest absolute Gasteiger partial charge is 0.125 e. The lowest BCUT2D eigenvalue weighted by atomic mass is 10.0. The minimum absolute atomic E-state index is 0.527. The van der Waals surface area contributed by atoms with Crippen molar-refractivity contribution >= 4 is 5.69 Å². The normalized spacial score (nSPS) is 11.5. The summed E-state index contributed by atoms with van der Waals surface area (Å²) in [6.45, 7) is 10.2. The van der Waals surface area contributed by atoms with Crippen LogP contribution in [0, 0.1) is 20.8 Å². The first-order valence-electron chi connectivity index (χ1n) is 5.87. The maximum Gasteiger partial charge on any atom is 0.125 e. The number of methoxy groups -OCH3 is 1. The van der Waals surface area contributed by atoms with Crippen LogP contribution in [0.1, 0.15) is 30.5 Å². The quantitative estimate of drug-likeness (QED) is 0.846. The Balaban J connectivity index is 3.03. The molecule has 0 aliphatic carbocycles. The first-order chi connectivity index (χ1) is 7.76. The van der Waals surface area contributed by atoms with Crippen LogP contribution in [-0.4, -0.2) is 24.4 Å². The highest BCUT2D eigenvalue weighted by atomic mass is 16.5. The zero-order chi connectivity index (χ0) is 13.2. The van der Waals surface area contributed by atoms with Gasteiger partial charge in [0.05, 0.1) is 12.7 Å². The Bertz CT molecular complexity index is 406. The first kappa shape index (κ1) is 13.8. The lowest BCUT2D eigenvalue weighted by Gasteiger charge is -2.21. The van der Waals surface area contributed by atoms with Crippen molar-refractivity contribution in [2.45, 2.75) is 40.2 Å². The summed E-state index contributed by atoms with van der Waals surface area (Å²) in [4.78, 5) is 0. The van der Waals surface area contributed by atoms with Crippen LogP contribution in [0.3, 0.4) is 0 Å². The summed E-state index contributed by atoms with van der Waals surface area (Å²) in [5.74, 6) is 0.941. The Labute approximate surface area is 104 Å². The van der Waals surface area contributed by atoms with Gasteiger partial charge in [-0.15, -0.1) is 0 Å². The first-order valence-corrected chi connectivity index (χ1v) is 5.87. The molecule has 0 bridgehead atoms. The topological polar surface area (TPSA) is 41.5 Å². The van der Waals surface area contributed by atoms with E-state index in [1.54, 1.807) is 21.0 Å². The highest BCUT2D eigenvalue weighted by Crippen LogP contribution is 2.31. The van der Waals surface area contributed by atoms with Crippen molar-refractivity contribution in [3.05, 3.63) is 22.8 Å². The van der Waals surface area contributed by atoms with Crippen LogP contribution in [0.2, 0.25) is 0 Å². The van der Waals surface area contributed by atoms with Gasteiger partial charge in [-0.1, -0.05) is 0 Å². The summed E-state index contributed by atoms with van der Waals surface area (Å²) >= 11 is 0. The van der Waals surface area contributed by atoms with Crippen molar-refractivity contribution < 1.29 is 9.84 Å². The maximum absolute atomic E-state index is 9.72. The van der Waals surface area contributed by atoms with Gasteiger partial charge < -0.3 is 15.2 Å². The van der Waals surface area contributed by atoms with Gasteiger partial charge in [0.15, 0.2) is 0 Å². The predicted octanol–water partition coefficient (Wildman–Crippen LogP) is 2.80. The van der Waals surface area contributed by atoms with E-state index in [0.29, 0.717) is 6.54 Å². The highest BCUT2D eigenvalue weighted by molar-refractivity contribution is 5.61. The molecule has 17 heavy (non-hydrogen) atoms. The minimum Gasteiger partial charge on any atom is -0.496 e. The van der Waals surface area contributed by atoms with Crippen LogP contribution in [0.25, 0.3) is 0 Å². The number of aliphatic hydroxyl groups is 1. The summed E-state index contributed by atoms with van der Waals surface area (Å²) in [6, 6.07) is 2.06. The van der Waals surface area contributed by atoms with Gasteiger partial charge in [0.1, 0.15) is 5.75 Å². The summed E-state index contributed by atoms with van der Waals surface area (Å²) in [6.07, 6.45) is 0. The van der Waals surface area contributed by atoms with E-state index in [2.05, 4.69) is 25.2 Å². The van der Waals surface area contributed by atoms with Crippen LogP contribution in [0.4, 0.5) is 5.69 Å². The molecular weight excluding hydrogens is 214 g/mol. The number of hydrogen-bond acceptors (Lipinski definition) is 3. The molecule has 0 saturated carbocycles. The second-order valence-corrected chi connectivity index (χ2v) is 5.19. The van der Waals surface area contributed by atoms with Gasteiger partial charge in [0, 0.05) is 12.2 Å². The number of anilines is 1. The minimum atomic E-state index is -0.714. The Morgan fingerprint density at radius 2 is 1.82 bits per heavy atom. The predicted molar refractivity (Wildman–Crippen MR) is 72.0 cm³/mol. The number of aryl methyl sites for hydroxylation is 1. The van der Waals surface area contributed by atoms with E-state index in [0.717, 1.165) is 28.1 Å². The molecule has 1 rings (SSSR count). The molecule has 96 valence electrons. The Kier molecular flexibility index (Phi) is 4.04. The van der Waals surface area contributed by atoms with Gasteiger partial charge in [0.2, 0.25) is 0 Å². The van der Waals surface area contributed by atoms with E-state index in [9.17, 15) is 5.11 Å². The van der Waals surface area contributed by atoms with Crippen molar-refractivity contribution in [3.8, 4) is 5.75 Å². The zero-order valence-electron chi connectivity index (χ0n) is 11.6. The number of ether oxygens (including phenoxy) is 1. The fraction of sp³-hybridized carbons (Fsp3) is 0.571. The molecule has 0 fully saturated rings. The molecule has 1 aromatic carbocycles. The maximum atomic E-state index is 9.72. The Hall–Kier alpha value is -1.22. The van der Waals surface area contributed by atoms with Crippen LogP contribution in [-0.2, 0) is 0 Å². The van der Waals surface area contributed by atoms with Crippen LogP contribution < -0.4 is 10.1 Å². The number of rotatable bonds is 4. The van der Waals surface area contributed by atoms with Crippen LogP contribution in [0.15, 0.2) is 6.07 Å². The molecule has 0 aromatic heterocycles. The van der Waals surface area contributed by atoms with Gasteiger partial charge in [-0.3, -0.25) is 0 Å². The van der Waals surface area contributed by atoms with Gasteiger partial charge in [-0.25, -0.2) is 0 Å². The third-order valence-electron chi connectivity index (χ3n) is 2.94. The van der Waals surface area contributed by atoms with Gasteiger partial charge >= 0.3 is 0 Å². The summed E-state index contributed by atoms with van der Waals surface area (Å²) in [5.41, 5.74) is 3.76. The van der Waals surface area contributed by atoms with E-state index in [1.165, 1.54) is 0 Å². The number of nitrogens with one attached hydrogen (secondary N) is 1. The van der Waals surface area contributed by atoms with Gasteiger partial charge in [0.25, 0.3) is 0 Å². The van der Waals surface area contributed by atoms with E-state index in [4.69, 9.17) is 4.74 Å². The fourth-order valence-electron chi connectivity index (χ4n) is 1.87. The van der Waals surface area contributed by atoms with E-state index in [1.807, 2.05) is 6.92 Å². The summed E-state index contributed by atoms with van der Waals surface area (Å²) in [7, 11) is 1.69. The van der Waals surface area contributed by atoms with Crippen molar-refractivity contribution in [1.82, 2.24) is 0 Å². The molecule has 0 amide bonds. The molecule has 2 N–H and O–H groups in total. The van der Waals surface area contributed by atoms with Crippen molar-refractivity contribution in [1.29, 1.82) is 0 Å². The molecule has 3 heteroatoms. The average molecular weight is 237 g/mol. The second-order valence-electron chi connectivity index (χ2n) is 5.19. The molecule has 3 nitrogen and oxygen atoms in total. The summed E-state index contributed by atoms with van der Waals surface area (Å²) in [5, 5.41) is 13.0. The monoisotopic (exact) mass is 237 g/mol. The summed E-state index contributed by atoms with van der Waals surface area (Å²) < 4.78 is 5.38. The molecule has 0 saturated heterocycles. The Morgan fingerprint density at radius 3 is 2.29 bits per heavy atom. The zero-order valence-corrected chi connectivity index (χ0v) is 11.6. The largest absolute Gasteiger partial charge is 0.496 e. The molecule has 0 unspecified atom stereocenters. The number of benzene rings is 1. The second kappa shape index (κ2) is 4.96. The van der Waals surface area contributed by atoms with Crippen molar-refractivity contribution in [2.24, 2.45) is 0 Å². The van der Waals surface area contributed by atoms with Crippen LogP contribution >= 0.6 is 0 Å². The average Bonchev–Trinajstić information content (AvgIpc) is 2.21. The van der Waals surface area contributed by atoms with Crippen molar-refractivity contribution in [3.63, 3.8) is 0 Å². The highest BCUT2D eigenvalue weighted by Gasteiger charge is 2.15. The molecule has 0 heterocycles. The lowest BCUT2D eigenvalue weighted by molar-refractivity contribution is 0.0945. The number of hydrogen-bond donors (Lipinski definition) is 2. The van der Waals surface area contributed by atoms with Gasteiger partial charge in [-0.05, 0) is 57.4 Å². The molecule has 0 aliphatic rings. The lowest BCUT2D eigenvalue weighted by Crippen LogP contribution is -2.29. The third-order valence-corrected chi connectivity index (χ3v) is 2.94. The van der Waals surface area contributed by atoms with Gasteiger partial charge in [-0.2, -0.15) is 0 Å². The fourth-order valence-corrected chi connectivity index (χ4v) is 1.87. The molecule has 0 atom stereocenters. The van der Waals surface area contributed by atoms with E-state index >= 15 is 0 Å².